The molecule has 1 aromatic carbocycles. The van der Waals surface area contributed by atoms with Crippen LogP contribution in [0.25, 0.3) is 0 Å². The first-order chi connectivity index (χ1) is 9.85. The van der Waals surface area contributed by atoms with Crippen LogP contribution in [-0.4, -0.2) is 24.9 Å². The van der Waals surface area contributed by atoms with Gasteiger partial charge in [0.15, 0.2) is 0 Å². The van der Waals surface area contributed by atoms with Gasteiger partial charge in [0.25, 0.3) is 0 Å². The van der Waals surface area contributed by atoms with Gasteiger partial charge in [0.1, 0.15) is 5.75 Å². The fourth-order valence-electron chi connectivity index (χ4n) is 2.76. The first kappa shape index (κ1) is 16.2. The molecule has 1 N–H and O–H groups in total. The van der Waals surface area contributed by atoms with Crippen LogP contribution in [0.15, 0.2) is 24.3 Å². The van der Waals surface area contributed by atoms with Crippen molar-refractivity contribution in [1.29, 1.82) is 0 Å². The van der Waals surface area contributed by atoms with E-state index in [-0.39, 0.29) is 17.4 Å². The van der Waals surface area contributed by atoms with E-state index >= 15 is 0 Å². The zero-order valence-corrected chi connectivity index (χ0v) is 12.7. The van der Waals surface area contributed by atoms with Crippen LogP contribution in [0.3, 0.4) is 0 Å². The molecule has 21 heavy (non-hydrogen) atoms. The highest BCUT2D eigenvalue weighted by Crippen LogP contribution is 2.26. The van der Waals surface area contributed by atoms with E-state index in [9.17, 15) is 8.78 Å². The monoisotopic (exact) mass is 299 g/mol. The van der Waals surface area contributed by atoms with Gasteiger partial charge in [-0.25, -0.2) is 0 Å². The molecule has 1 aliphatic rings. The Morgan fingerprint density at radius 1 is 1.29 bits per heavy atom. The van der Waals surface area contributed by atoms with Crippen molar-refractivity contribution < 1.29 is 18.3 Å². The maximum atomic E-state index is 12.1. The standard InChI is InChI=1S/C16H23F2NO2/c1-11(19-13-8-9-20-16(2,3)10-13)12-4-6-14(7-5-12)21-15(17)18/h4-7,11,13,15,19H,8-10H2,1-3H3. The summed E-state index contributed by atoms with van der Waals surface area (Å²) in [6.45, 7) is 4.25. The predicted molar refractivity (Wildman–Crippen MR) is 77.7 cm³/mol. The highest BCUT2D eigenvalue weighted by molar-refractivity contribution is 5.29. The molecule has 1 saturated heterocycles. The number of halogens is 2. The molecule has 0 radical (unpaired) electrons. The third kappa shape index (κ3) is 4.93. The number of alkyl halides is 2. The Morgan fingerprint density at radius 3 is 2.52 bits per heavy atom. The van der Waals surface area contributed by atoms with Crippen molar-refractivity contribution in [2.24, 2.45) is 0 Å². The molecule has 0 amide bonds. The van der Waals surface area contributed by atoms with Gasteiger partial charge in [-0.15, -0.1) is 0 Å². The van der Waals surface area contributed by atoms with Crippen LogP contribution in [0.2, 0.25) is 0 Å². The Hall–Kier alpha value is -1.20. The van der Waals surface area contributed by atoms with Crippen molar-refractivity contribution in [2.45, 2.75) is 57.9 Å². The van der Waals surface area contributed by atoms with Crippen LogP contribution in [-0.2, 0) is 4.74 Å². The molecule has 2 rings (SSSR count). The van der Waals surface area contributed by atoms with Crippen molar-refractivity contribution in [1.82, 2.24) is 5.32 Å². The summed E-state index contributed by atoms with van der Waals surface area (Å²) >= 11 is 0. The van der Waals surface area contributed by atoms with Crippen LogP contribution >= 0.6 is 0 Å². The quantitative estimate of drug-likeness (QED) is 0.894. The van der Waals surface area contributed by atoms with Gasteiger partial charge in [-0.3, -0.25) is 0 Å². The largest absolute Gasteiger partial charge is 0.435 e. The van der Waals surface area contributed by atoms with E-state index in [1.807, 2.05) is 12.1 Å². The molecular formula is C16H23F2NO2. The predicted octanol–water partition coefficient (Wildman–Crippen LogP) is 3.90. The minimum atomic E-state index is -2.78. The van der Waals surface area contributed by atoms with Crippen LogP contribution in [0.1, 0.15) is 45.2 Å². The second kappa shape index (κ2) is 6.71. The topological polar surface area (TPSA) is 30.5 Å². The second-order valence-electron chi connectivity index (χ2n) is 6.13. The lowest BCUT2D eigenvalue weighted by atomic mass is 9.93. The van der Waals surface area contributed by atoms with Crippen LogP contribution in [0.5, 0.6) is 5.75 Å². The lowest BCUT2D eigenvalue weighted by Crippen LogP contribution is -2.44. The van der Waals surface area contributed by atoms with Crippen molar-refractivity contribution in [3.05, 3.63) is 29.8 Å². The Labute approximate surface area is 124 Å². The summed E-state index contributed by atoms with van der Waals surface area (Å²) in [5.74, 6) is 0.188. The molecule has 0 aromatic heterocycles. The zero-order valence-electron chi connectivity index (χ0n) is 12.7. The molecule has 3 nitrogen and oxygen atoms in total. The maximum absolute atomic E-state index is 12.1. The summed E-state index contributed by atoms with van der Waals surface area (Å²) in [6.07, 6.45) is 1.95. The molecule has 5 heteroatoms. The highest BCUT2D eigenvalue weighted by Gasteiger charge is 2.29. The van der Waals surface area contributed by atoms with E-state index in [2.05, 4.69) is 30.8 Å². The van der Waals surface area contributed by atoms with E-state index in [4.69, 9.17) is 4.74 Å². The fraction of sp³-hybridized carbons (Fsp3) is 0.625. The van der Waals surface area contributed by atoms with E-state index in [0.29, 0.717) is 6.04 Å². The fourth-order valence-corrected chi connectivity index (χ4v) is 2.76. The number of hydrogen-bond donors (Lipinski definition) is 1. The molecule has 0 spiro atoms. The van der Waals surface area contributed by atoms with E-state index in [0.717, 1.165) is 25.0 Å². The number of rotatable bonds is 5. The molecule has 1 fully saturated rings. The second-order valence-corrected chi connectivity index (χ2v) is 6.13. The average molecular weight is 299 g/mol. The zero-order chi connectivity index (χ0) is 15.5. The Kier molecular flexibility index (Phi) is 5.17. The normalized spacial score (nSPS) is 23.0. The van der Waals surface area contributed by atoms with E-state index in [1.165, 1.54) is 0 Å². The Morgan fingerprint density at radius 2 is 1.95 bits per heavy atom. The van der Waals surface area contributed by atoms with Gasteiger partial charge in [0.2, 0.25) is 0 Å². The summed E-state index contributed by atoms with van der Waals surface area (Å²) in [5.41, 5.74) is 0.964. The van der Waals surface area contributed by atoms with E-state index in [1.54, 1.807) is 12.1 Å². The van der Waals surface area contributed by atoms with Crippen LogP contribution in [0, 0.1) is 0 Å². The summed E-state index contributed by atoms with van der Waals surface area (Å²) in [7, 11) is 0. The highest BCUT2D eigenvalue weighted by atomic mass is 19.3. The smallest absolute Gasteiger partial charge is 0.387 e. The molecule has 0 bridgehead atoms. The van der Waals surface area contributed by atoms with Gasteiger partial charge in [-0.2, -0.15) is 8.78 Å². The first-order valence-corrected chi connectivity index (χ1v) is 7.30. The summed E-state index contributed by atoms with van der Waals surface area (Å²) < 4.78 is 34.3. The summed E-state index contributed by atoms with van der Waals surface area (Å²) in [6, 6.07) is 7.35. The molecule has 1 aromatic rings. The van der Waals surface area contributed by atoms with E-state index < -0.39 is 6.61 Å². The van der Waals surface area contributed by atoms with Crippen molar-refractivity contribution in [3.8, 4) is 5.75 Å². The summed E-state index contributed by atoms with van der Waals surface area (Å²) in [5, 5.41) is 3.58. The summed E-state index contributed by atoms with van der Waals surface area (Å²) in [4.78, 5) is 0. The number of benzene rings is 1. The number of hydrogen-bond acceptors (Lipinski definition) is 3. The number of ether oxygens (including phenoxy) is 2. The lowest BCUT2D eigenvalue weighted by molar-refractivity contribution is -0.0640. The van der Waals surface area contributed by atoms with Crippen LogP contribution < -0.4 is 10.1 Å². The minimum absolute atomic E-state index is 0.0927. The molecular weight excluding hydrogens is 276 g/mol. The molecule has 2 atom stereocenters. The maximum Gasteiger partial charge on any atom is 0.387 e. The lowest BCUT2D eigenvalue weighted by Gasteiger charge is -2.37. The molecule has 118 valence electrons. The molecule has 0 saturated carbocycles. The Bertz CT molecular complexity index is 448. The SMILES string of the molecule is CC(NC1CCOC(C)(C)C1)c1ccc(OC(F)F)cc1. The molecule has 0 aliphatic carbocycles. The Balaban J connectivity index is 1.92. The average Bonchev–Trinajstić information content (AvgIpc) is 2.37. The third-order valence-corrected chi connectivity index (χ3v) is 3.79. The number of nitrogens with one attached hydrogen (secondary N) is 1. The van der Waals surface area contributed by atoms with Gasteiger partial charge >= 0.3 is 6.61 Å². The van der Waals surface area contributed by atoms with Gasteiger partial charge < -0.3 is 14.8 Å². The molecule has 1 aliphatic heterocycles. The van der Waals surface area contributed by atoms with Gasteiger partial charge in [-0.1, -0.05) is 12.1 Å². The van der Waals surface area contributed by atoms with Gasteiger partial charge in [0, 0.05) is 18.7 Å². The van der Waals surface area contributed by atoms with Gasteiger partial charge in [-0.05, 0) is 51.3 Å². The third-order valence-electron chi connectivity index (χ3n) is 3.79. The van der Waals surface area contributed by atoms with Gasteiger partial charge in [0.05, 0.1) is 5.60 Å². The minimum Gasteiger partial charge on any atom is -0.435 e. The van der Waals surface area contributed by atoms with Crippen molar-refractivity contribution in [2.75, 3.05) is 6.61 Å². The van der Waals surface area contributed by atoms with Crippen molar-refractivity contribution >= 4 is 0 Å². The van der Waals surface area contributed by atoms with Crippen LogP contribution in [0.4, 0.5) is 8.78 Å². The molecule has 2 unspecified atom stereocenters. The van der Waals surface area contributed by atoms with Crippen molar-refractivity contribution in [3.63, 3.8) is 0 Å². The first-order valence-electron chi connectivity index (χ1n) is 7.30. The molecule has 1 heterocycles.